The number of hydrogen-bond donors (Lipinski definition) is 2. The fourth-order valence-electron chi connectivity index (χ4n) is 3.80. The van der Waals surface area contributed by atoms with Gasteiger partial charge in [0.2, 0.25) is 5.91 Å². The van der Waals surface area contributed by atoms with Gasteiger partial charge in [-0.25, -0.2) is 0 Å². The molecule has 0 heterocycles. The maximum Gasteiger partial charge on any atom is 0.230 e. The molecule has 1 aliphatic rings. The van der Waals surface area contributed by atoms with Crippen molar-refractivity contribution in [2.45, 2.75) is 44.6 Å². The minimum absolute atomic E-state index is 0.0897. The van der Waals surface area contributed by atoms with Crippen LogP contribution >= 0.6 is 0 Å². The highest BCUT2D eigenvalue weighted by Gasteiger charge is 2.33. The van der Waals surface area contributed by atoms with Crippen molar-refractivity contribution < 1.29 is 9.90 Å². The number of carbonyl (C=O) groups excluding carboxylic acids is 1. The van der Waals surface area contributed by atoms with Crippen LogP contribution in [0, 0.1) is 11.8 Å². The Hall–Kier alpha value is -2.13. The summed E-state index contributed by atoms with van der Waals surface area (Å²) >= 11 is 0. The third-order valence-corrected chi connectivity index (χ3v) is 5.22. The number of anilines is 1. The predicted molar refractivity (Wildman–Crippen MR) is 101 cm³/mol. The van der Waals surface area contributed by atoms with E-state index in [9.17, 15) is 9.90 Å². The fraction of sp³-hybridized carbons (Fsp3) is 0.409. The zero-order chi connectivity index (χ0) is 17.5. The van der Waals surface area contributed by atoms with Gasteiger partial charge in [0, 0.05) is 5.69 Å². The van der Waals surface area contributed by atoms with Gasteiger partial charge in [-0.3, -0.25) is 4.79 Å². The van der Waals surface area contributed by atoms with E-state index in [2.05, 4.69) is 5.32 Å². The van der Waals surface area contributed by atoms with Crippen LogP contribution in [-0.2, 0) is 11.2 Å². The predicted octanol–water partition coefficient (Wildman–Crippen LogP) is 4.43. The van der Waals surface area contributed by atoms with Gasteiger partial charge in [0.15, 0.2) is 0 Å². The molecule has 0 unspecified atom stereocenters. The largest absolute Gasteiger partial charge is 0.392 e. The van der Waals surface area contributed by atoms with Crippen LogP contribution in [0.1, 0.15) is 37.7 Å². The highest BCUT2D eigenvalue weighted by atomic mass is 16.3. The monoisotopic (exact) mass is 337 g/mol. The zero-order valence-corrected chi connectivity index (χ0v) is 14.6. The van der Waals surface area contributed by atoms with E-state index in [0.29, 0.717) is 6.42 Å². The summed E-state index contributed by atoms with van der Waals surface area (Å²) in [6.45, 7) is 0. The van der Waals surface area contributed by atoms with E-state index in [1.165, 1.54) is 6.42 Å². The Morgan fingerprint density at radius 2 is 1.56 bits per heavy atom. The van der Waals surface area contributed by atoms with Crippen molar-refractivity contribution in [2.75, 3.05) is 5.32 Å². The summed E-state index contributed by atoms with van der Waals surface area (Å²) in [5, 5.41) is 14.0. The molecule has 0 aliphatic heterocycles. The highest BCUT2D eigenvalue weighted by Crippen LogP contribution is 2.31. The average molecular weight is 337 g/mol. The minimum Gasteiger partial charge on any atom is -0.392 e. The maximum absolute atomic E-state index is 12.9. The van der Waals surface area contributed by atoms with E-state index in [-0.39, 0.29) is 11.8 Å². The van der Waals surface area contributed by atoms with Crippen LogP contribution in [0.25, 0.3) is 0 Å². The van der Waals surface area contributed by atoms with Crippen LogP contribution in [-0.4, -0.2) is 17.1 Å². The summed E-state index contributed by atoms with van der Waals surface area (Å²) in [7, 11) is 0. The SMILES string of the molecule is O=C(Nc1ccccc1)[C@H](Cc1ccccc1)[C@@H](O)C1CCCCC1. The molecule has 2 atom stereocenters. The molecule has 0 radical (unpaired) electrons. The first kappa shape index (κ1) is 17.7. The molecule has 3 rings (SSSR count). The van der Waals surface area contributed by atoms with Crippen LogP contribution in [0.4, 0.5) is 5.69 Å². The van der Waals surface area contributed by atoms with Gasteiger partial charge < -0.3 is 10.4 Å². The smallest absolute Gasteiger partial charge is 0.230 e. The quantitative estimate of drug-likeness (QED) is 0.819. The number of benzene rings is 2. The number of aliphatic hydroxyl groups is 1. The van der Waals surface area contributed by atoms with Gasteiger partial charge in [0.25, 0.3) is 0 Å². The molecule has 2 N–H and O–H groups in total. The summed E-state index contributed by atoms with van der Waals surface area (Å²) in [5.74, 6) is -0.289. The van der Waals surface area contributed by atoms with Crippen molar-refractivity contribution in [2.24, 2.45) is 11.8 Å². The summed E-state index contributed by atoms with van der Waals surface area (Å²) in [6, 6.07) is 19.5. The molecule has 2 aromatic rings. The Balaban J connectivity index is 1.76. The minimum atomic E-state index is -0.593. The summed E-state index contributed by atoms with van der Waals surface area (Å²) in [6.07, 6.45) is 5.56. The second-order valence-corrected chi connectivity index (χ2v) is 7.04. The molecule has 0 saturated heterocycles. The van der Waals surface area contributed by atoms with Crippen molar-refractivity contribution in [3.05, 3.63) is 66.2 Å². The van der Waals surface area contributed by atoms with Gasteiger partial charge in [0.05, 0.1) is 12.0 Å². The van der Waals surface area contributed by atoms with Crippen LogP contribution in [0.5, 0.6) is 0 Å². The zero-order valence-electron chi connectivity index (χ0n) is 14.6. The maximum atomic E-state index is 12.9. The Kier molecular flexibility index (Phi) is 6.24. The molecule has 1 aliphatic carbocycles. The Labute approximate surface area is 150 Å². The highest BCUT2D eigenvalue weighted by molar-refractivity contribution is 5.93. The van der Waals surface area contributed by atoms with E-state index in [4.69, 9.17) is 0 Å². The van der Waals surface area contributed by atoms with Crippen LogP contribution < -0.4 is 5.32 Å². The molecule has 2 aromatic carbocycles. The second kappa shape index (κ2) is 8.82. The normalized spacial score (nSPS) is 17.6. The van der Waals surface area contributed by atoms with Crippen LogP contribution in [0.15, 0.2) is 60.7 Å². The number of carbonyl (C=O) groups is 1. The average Bonchev–Trinajstić information content (AvgIpc) is 2.68. The molecule has 132 valence electrons. The number of aliphatic hydroxyl groups excluding tert-OH is 1. The number of amides is 1. The van der Waals surface area contributed by atoms with Crippen LogP contribution in [0.3, 0.4) is 0 Å². The molecule has 0 bridgehead atoms. The molecule has 1 fully saturated rings. The second-order valence-electron chi connectivity index (χ2n) is 7.04. The van der Waals surface area contributed by atoms with Crippen molar-refractivity contribution in [3.8, 4) is 0 Å². The van der Waals surface area contributed by atoms with Crippen LogP contribution in [0.2, 0.25) is 0 Å². The first-order chi connectivity index (χ1) is 12.2. The van der Waals surface area contributed by atoms with Crippen molar-refractivity contribution >= 4 is 11.6 Å². The van der Waals surface area contributed by atoms with Gasteiger partial charge in [-0.2, -0.15) is 0 Å². The first-order valence-electron chi connectivity index (χ1n) is 9.32. The van der Waals surface area contributed by atoms with E-state index in [0.717, 1.165) is 36.9 Å². The van der Waals surface area contributed by atoms with Crippen molar-refractivity contribution in [3.63, 3.8) is 0 Å². The lowest BCUT2D eigenvalue weighted by Crippen LogP contribution is -2.39. The molecule has 25 heavy (non-hydrogen) atoms. The Morgan fingerprint density at radius 3 is 2.20 bits per heavy atom. The van der Waals surface area contributed by atoms with E-state index < -0.39 is 12.0 Å². The summed E-state index contributed by atoms with van der Waals surface area (Å²) < 4.78 is 0. The lowest BCUT2D eigenvalue weighted by atomic mass is 9.78. The summed E-state index contributed by atoms with van der Waals surface area (Å²) in [4.78, 5) is 12.9. The van der Waals surface area contributed by atoms with Gasteiger partial charge in [-0.05, 0) is 42.9 Å². The third kappa shape index (κ3) is 4.93. The Morgan fingerprint density at radius 1 is 0.960 bits per heavy atom. The number of rotatable bonds is 6. The van der Waals surface area contributed by atoms with E-state index in [1.807, 2.05) is 60.7 Å². The molecule has 0 aromatic heterocycles. The van der Waals surface area contributed by atoms with Gasteiger partial charge in [0.1, 0.15) is 0 Å². The molecule has 0 spiro atoms. The Bertz CT molecular complexity index is 650. The standard InChI is InChI=1S/C22H27NO2/c24-21(18-12-6-2-7-13-18)20(16-17-10-4-1-5-11-17)22(25)23-19-14-8-3-9-15-19/h1,3-5,8-11,14-15,18,20-21,24H,2,6-7,12-13,16H2,(H,23,25)/t20-,21+/m1/s1. The third-order valence-electron chi connectivity index (χ3n) is 5.22. The molecular weight excluding hydrogens is 310 g/mol. The fourth-order valence-corrected chi connectivity index (χ4v) is 3.80. The van der Waals surface area contributed by atoms with Crippen molar-refractivity contribution in [1.29, 1.82) is 0 Å². The van der Waals surface area contributed by atoms with Gasteiger partial charge >= 0.3 is 0 Å². The van der Waals surface area contributed by atoms with E-state index >= 15 is 0 Å². The number of para-hydroxylation sites is 1. The van der Waals surface area contributed by atoms with Gasteiger partial charge in [-0.15, -0.1) is 0 Å². The van der Waals surface area contributed by atoms with Gasteiger partial charge in [-0.1, -0.05) is 67.8 Å². The molecule has 1 saturated carbocycles. The number of nitrogens with one attached hydrogen (secondary N) is 1. The molecular formula is C22H27NO2. The summed E-state index contributed by atoms with van der Waals surface area (Å²) in [5.41, 5.74) is 1.87. The first-order valence-corrected chi connectivity index (χ1v) is 9.32. The molecule has 3 heteroatoms. The molecule has 1 amide bonds. The topological polar surface area (TPSA) is 49.3 Å². The lowest BCUT2D eigenvalue weighted by molar-refractivity contribution is -0.125. The lowest BCUT2D eigenvalue weighted by Gasteiger charge is -2.31. The van der Waals surface area contributed by atoms with E-state index in [1.54, 1.807) is 0 Å². The number of hydrogen-bond acceptors (Lipinski definition) is 2. The van der Waals surface area contributed by atoms with Crippen molar-refractivity contribution in [1.82, 2.24) is 0 Å². The molecule has 3 nitrogen and oxygen atoms in total.